The summed E-state index contributed by atoms with van der Waals surface area (Å²) in [6.07, 6.45) is 6.54. The summed E-state index contributed by atoms with van der Waals surface area (Å²) < 4.78 is 0. The molecule has 0 aliphatic heterocycles. The highest BCUT2D eigenvalue weighted by atomic mass is 35.5. The second-order valence-electron chi connectivity index (χ2n) is 5.85. The molecule has 2 nitrogen and oxygen atoms in total. The minimum atomic E-state index is 0.748. The van der Waals surface area contributed by atoms with Crippen LogP contribution in [-0.2, 0) is 6.54 Å². The fourth-order valence-electron chi connectivity index (χ4n) is 2.62. The van der Waals surface area contributed by atoms with Crippen molar-refractivity contribution in [3.8, 4) is 0 Å². The molecule has 3 rings (SSSR count). The molecular weight excluding hydrogens is 256 g/mol. The molecule has 0 aromatic heterocycles. The highest BCUT2D eigenvalue weighted by molar-refractivity contribution is 6.30. The quantitative estimate of drug-likeness (QED) is 0.812. The molecule has 0 amide bonds. The molecule has 1 aromatic carbocycles. The van der Waals surface area contributed by atoms with Crippen LogP contribution in [0.5, 0.6) is 0 Å². The molecule has 104 valence electrons. The zero-order valence-corrected chi connectivity index (χ0v) is 12.4. The molecule has 2 saturated carbocycles. The van der Waals surface area contributed by atoms with Crippen LogP contribution in [0.25, 0.3) is 0 Å². The van der Waals surface area contributed by atoms with Crippen LogP contribution in [0.15, 0.2) is 18.2 Å². The van der Waals surface area contributed by atoms with Gasteiger partial charge in [-0.1, -0.05) is 24.6 Å². The van der Waals surface area contributed by atoms with E-state index in [1.807, 2.05) is 6.07 Å². The van der Waals surface area contributed by atoms with E-state index in [0.717, 1.165) is 30.2 Å². The first-order chi connectivity index (χ1) is 9.28. The van der Waals surface area contributed by atoms with Crippen LogP contribution in [0.3, 0.4) is 0 Å². The zero-order chi connectivity index (χ0) is 13.2. The Morgan fingerprint density at radius 1 is 1.26 bits per heavy atom. The number of halogens is 1. The number of hydrogen-bond donors (Lipinski definition) is 1. The van der Waals surface area contributed by atoms with Gasteiger partial charge in [0.25, 0.3) is 0 Å². The Kier molecular flexibility index (Phi) is 3.99. The van der Waals surface area contributed by atoms with Crippen LogP contribution >= 0.6 is 11.6 Å². The Morgan fingerprint density at radius 3 is 2.68 bits per heavy atom. The minimum absolute atomic E-state index is 0.748. The molecule has 0 heterocycles. The fraction of sp³-hybridized carbons (Fsp3) is 0.625. The van der Waals surface area contributed by atoms with Gasteiger partial charge in [0, 0.05) is 35.9 Å². The third-order valence-electron chi connectivity index (χ3n) is 3.97. The molecule has 0 bridgehead atoms. The Hall–Kier alpha value is -0.730. The van der Waals surface area contributed by atoms with Crippen molar-refractivity contribution >= 4 is 17.3 Å². The van der Waals surface area contributed by atoms with E-state index in [-0.39, 0.29) is 0 Å². The molecule has 1 aromatic rings. The maximum atomic E-state index is 6.21. The van der Waals surface area contributed by atoms with Crippen molar-refractivity contribution in [2.75, 3.05) is 11.4 Å². The van der Waals surface area contributed by atoms with Crippen LogP contribution in [-0.4, -0.2) is 18.6 Å². The zero-order valence-electron chi connectivity index (χ0n) is 11.7. The third-order valence-corrected chi connectivity index (χ3v) is 4.20. The van der Waals surface area contributed by atoms with E-state index in [4.69, 9.17) is 11.6 Å². The summed E-state index contributed by atoms with van der Waals surface area (Å²) in [7, 11) is 0. The van der Waals surface area contributed by atoms with Gasteiger partial charge in [-0.15, -0.1) is 0 Å². The molecule has 2 aliphatic rings. The van der Waals surface area contributed by atoms with Crippen molar-refractivity contribution in [1.82, 2.24) is 5.32 Å². The highest BCUT2D eigenvalue weighted by Crippen LogP contribution is 2.35. The number of rotatable bonds is 7. The number of nitrogens with zero attached hydrogens (tertiary/aromatic N) is 1. The normalized spacial score (nSPS) is 18.6. The highest BCUT2D eigenvalue weighted by Gasteiger charge is 2.30. The Labute approximate surface area is 121 Å². The summed E-state index contributed by atoms with van der Waals surface area (Å²) in [5, 5.41) is 4.47. The lowest BCUT2D eigenvalue weighted by Crippen LogP contribution is -2.28. The smallest absolute Gasteiger partial charge is 0.0429 e. The van der Waals surface area contributed by atoms with Gasteiger partial charge >= 0.3 is 0 Å². The van der Waals surface area contributed by atoms with Crippen LogP contribution in [0.1, 0.15) is 44.6 Å². The number of anilines is 1. The van der Waals surface area contributed by atoms with Gasteiger partial charge < -0.3 is 10.2 Å². The molecule has 3 heteroatoms. The predicted octanol–water partition coefficient (Wildman–Crippen LogP) is 3.97. The van der Waals surface area contributed by atoms with E-state index in [2.05, 4.69) is 29.3 Å². The minimum Gasteiger partial charge on any atom is -0.368 e. The lowest BCUT2D eigenvalue weighted by molar-refractivity contribution is 0.680. The second-order valence-corrected chi connectivity index (χ2v) is 6.29. The van der Waals surface area contributed by atoms with Gasteiger partial charge in [0.15, 0.2) is 0 Å². The van der Waals surface area contributed by atoms with E-state index >= 15 is 0 Å². The van der Waals surface area contributed by atoms with Crippen molar-refractivity contribution in [3.63, 3.8) is 0 Å². The van der Waals surface area contributed by atoms with Crippen molar-refractivity contribution < 1.29 is 0 Å². The lowest BCUT2D eigenvalue weighted by atomic mass is 10.1. The second kappa shape index (κ2) is 5.72. The van der Waals surface area contributed by atoms with E-state index < -0.39 is 0 Å². The summed E-state index contributed by atoms with van der Waals surface area (Å²) in [6, 6.07) is 7.87. The number of benzene rings is 1. The maximum absolute atomic E-state index is 6.21. The van der Waals surface area contributed by atoms with Crippen LogP contribution in [0, 0.1) is 0 Å². The summed E-state index contributed by atoms with van der Waals surface area (Å²) in [5.41, 5.74) is 2.75. The van der Waals surface area contributed by atoms with Crippen molar-refractivity contribution in [2.45, 2.75) is 57.7 Å². The van der Waals surface area contributed by atoms with E-state index in [1.54, 1.807) is 0 Å². The molecule has 0 spiro atoms. The Balaban J connectivity index is 1.80. The molecule has 1 N–H and O–H groups in total. The van der Waals surface area contributed by atoms with Crippen LogP contribution in [0.4, 0.5) is 5.69 Å². The van der Waals surface area contributed by atoms with Gasteiger partial charge in [0.2, 0.25) is 0 Å². The summed E-state index contributed by atoms with van der Waals surface area (Å²) >= 11 is 6.21. The van der Waals surface area contributed by atoms with Gasteiger partial charge in [0.05, 0.1) is 0 Å². The van der Waals surface area contributed by atoms with E-state index in [9.17, 15) is 0 Å². The van der Waals surface area contributed by atoms with E-state index in [1.165, 1.54) is 43.4 Å². The molecule has 0 atom stereocenters. The topological polar surface area (TPSA) is 15.3 Å². The van der Waals surface area contributed by atoms with Gasteiger partial charge in [-0.25, -0.2) is 0 Å². The number of hydrogen-bond acceptors (Lipinski definition) is 2. The van der Waals surface area contributed by atoms with Crippen molar-refractivity contribution in [2.24, 2.45) is 0 Å². The Morgan fingerprint density at radius 2 is 2.05 bits per heavy atom. The lowest BCUT2D eigenvalue weighted by Gasteiger charge is -2.27. The molecule has 19 heavy (non-hydrogen) atoms. The first kappa shape index (κ1) is 13.3. The average Bonchev–Trinajstić information content (AvgIpc) is 3.28. The summed E-state index contributed by atoms with van der Waals surface area (Å²) in [6.45, 7) is 4.37. The van der Waals surface area contributed by atoms with Crippen molar-refractivity contribution in [1.29, 1.82) is 0 Å². The van der Waals surface area contributed by atoms with Crippen LogP contribution in [0.2, 0.25) is 5.02 Å². The molecule has 2 aliphatic carbocycles. The van der Waals surface area contributed by atoms with Gasteiger partial charge in [0.1, 0.15) is 0 Å². The molecule has 2 fully saturated rings. The largest absolute Gasteiger partial charge is 0.368 e. The molecule has 0 unspecified atom stereocenters. The molecule has 0 saturated heterocycles. The fourth-order valence-corrected chi connectivity index (χ4v) is 2.79. The van der Waals surface area contributed by atoms with E-state index in [0.29, 0.717) is 0 Å². The van der Waals surface area contributed by atoms with Crippen molar-refractivity contribution in [3.05, 3.63) is 28.8 Å². The first-order valence-corrected chi connectivity index (χ1v) is 7.94. The number of nitrogens with one attached hydrogen (secondary N) is 1. The van der Waals surface area contributed by atoms with Crippen LogP contribution < -0.4 is 10.2 Å². The molecule has 0 radical (unpaired) electrons. The Bertz CT molecular complexity index is 438. The first-order valence-electron chi connectivity index (χ1n) is 7.56. The summed E-state index contributed by atoms with van der Waals surface area (Å²) in [4.78, 5) is 2.57. The van der Waals surface area contributed by atoms with Gasteiger partial charge in [-0.3, -0.25) is 0 Å². The standard InChI is InChI=1S/C16H23ClN2/c1-2-9-19(15-7-8-15)16-10-13(17)4-3-12(16)11-18-14-5-6-14/h3-4,10,14-15,18H,2,5-9,11H2,1H3. The molecular formula is C16H23ClN2. The maximum Gasteiger partial charge on any atom is 0.0429 e. The SMILES string of the molecule is CCCN(c1cc(Cl)ccc1CNC1CC1)C1CC1. The van der Waals surface area contributed by atoms with Gasteiger partial charge in [-0.05, 0) is 49.8 Å². The predicted molar refractivity (Wildman–Crippen MR) is 82.0 cm³/mol. The summed E-state index contributed by atoms with van der Waals surface area (Å²) in [5.74, 6) is 0. The van der Waals surface area contributed by atoms with Gasteiger partial charge in [-0.2, -0.15) is 0 Å². The third kappa shape index (κ3) is 3.43. The monoisotopic (exact) mass is 278 g/mol. The average molecular weight is 279 g/mol.